The molecule has 1 saturated heterocycles. The number of piperidine rings is 1. The lowest BCUT2D eigenvalue weighted by atomic mass is 9.75. The van der Waals surface area contributed by atoms with E-state index < -0.39 is 0 Å². The van der Waals surface area contributed by atoms with Crippen LogP contribution in [0.25, 0.3) is 0 Å². The van der Waals surface area contributed by atoms with Gasteiger partial charge >= 0.3 is 0 Å². The van der Waals surface area contributed by atoms with E-state index in [9.17, 15) is 9.59 Å². The van der Waals surface area contributed by atoms with E-state index in [1.54, 1.807) is 24.3 Å². The minimum atomic E-state index is -0.295. The molecule has 0 spiro atoms. The first-order valence-electron chi connectivity index (χ1n) is 8.45. The molecule has 1 N–H and O–H groups in total. The lowest BCUT2D eigenvalue weighted by molar-refractivity contribution is -0.133. The molecule has 124 valence electrons. The monoisotopic (exact) mass is 334 g/mol. The standard InChI is InChI=1S/C18H23ClN2O2/c19-16-8-4-3-7-15(16)18(23)20-11-17(22)21-10-9-13-5-1-2-6-14(13)12-21/h3-4,7-8,13-14H,1-2,5-6,9-12H2,(H,20,23)/t13-,14-/m1/s1. The number of amides is 2. The third-order valence-corrected chi connectivity index (χ3v) is 5.49. The fourth-order valence-corrected chi connectivity index (χ4v) is 4.06. The Bertz CT molecular complexity index is 590. The highest BCUT2D eigenvalue weighted by molar-refractivity contribution is 6.33. The van der Waals surface area contributed by atoms with Crippen molar-refractivity contribution in [2.75, 3.05) is 19.6 Å². The molecule has 0 radical (unpaired) electrons. The number of hydrogen-bond donors (Lipinski definition) is 1. The third kappa shape index (κ3) is 3.86. The van der Waals surface area contributed by atoms with Crippen molar-refractivity contribution in [1.29, 1.82) is 0 Å². The Kier molecular flexibility index (Phi) is 5.21. The summed E-state index contributed by atoms with van der Waals surface area (Å²) in [5, 5.41) is 3.10. The van der Waals surface area contributed by atoms with Crippen LogP contribution in [-0.2, 0) is 4.79 Å². The van der Waals surface area contributed by atoms with Crippen molar-refractivity contribution in [3.8, 4) is 0 Å². The maximum Gasteiger partial charge on any atom is 0.253 e. The van der Waals surface area contributed by atoms with Crippen molar-refractivity contribution < 1.29 is 9.59 Å². The van der Waals surface area contributed by atoms with Crippen molar-refractivity contribution in [3.63, 3.8) is 0 Å². The molecule has 2 aliphatic rings. The van der Waals surface area contributed by atoms with E-state index in [4.69, 9.17) is 11.6 Å². The van der Waals surface area contributed by atoms with Crippen molar-refractivity contribution in [2.24, 2.45) is 11.8 Å². The molecule has 1 aliphatic carbocycles. The Balaban J connectivity index is 1.51. The van der Waals surface area contributed by atoms with Crippen LogP contribution in [0.1, 0.15) is 42.5 Å². The minimum Gasteiger partial charge on any atom is -0.343 e. The zero-order chi connectivity index (χ0) is 16.2. The van der Waals surface area contributed by atoms with Crippen LogP contribution >= 0.6 is 11.6 Å². The lowest BCUT2D eigenvalue weighted by Gasteiger charge is -2.41. The molecule has 0 unspecified atom stereocenters. The Morgan fingerprint density at radius 2 is 1.87 bits per heavy atom. The van der Waals surface area contributed by atoms with Gasteiger partial charge in [0.05, 0.1) is 17.1 Å². The average molecular weight is 335 g/mol. The Morgan fingerprint density at radius 3 is 2.65 bits per heavy atom. The van der Waals surface area contributed by atoms with Gasteiger partial charge in [0, 0.05) is 13.1 Å². The van der Waals surface area contributed by atoms with E-state index in [0.717, 1.165) is 25.4 Å². The second-order valence-electron chi connectivity index (χ2n) is 6.60. The summed E-state index contributed by atoms with van der Waals surface area (Å²) in [7, 11) is 0. The first kappa shape index (κ1) is 16.3. The van der Waals surface area contributed by atoms with E-state index in [0.29, 0.717) is 16.5 Å². The van der Waals surface area contributed by atoms with Crippen LogP contribution in [0.15, 0.2) is 24.3 Å². The maximum absolute atomic E-state index is 12.4. The molecule has 2 atom stereocenters. The molecule has 1 saturated carbocycles. The molecule has 2 fully saturated rings. The van der Waals surface area contributed by atoms with Gasteiger partial charge < -0.3 is 10.2 Å². The van der Waals surface area contributed by atoms with Crippen LogP contribution < -0.4 is 5.32 Å². The van der Waals surface area contributed by atoms with Gasteiger partial charge in [-0.2, -0.15) is 0 Å². The predicted octanol–water partition coefficient (Wildman–Crippen LogP) is 3.11. The summed E-state index contributed by atoms with van der Waals surface area (Å²) in [5.74, 6) is 1.16. The fraction of sp³-hybridized carbons (Fsp3) is 0.556. The Labute approximate surface area is 142 Å². The highest BCUT2D eigenvalue weighted by Gasteiger charge is 2.32. The van der Waals surface area contributed by atoms with Crippen LogP contribution in [-0.4, -0.2) is 36.3 Å². The summed E-state index contributed by atoms with van der Waals surface area (Å²) in [5.41, 5.74) is 0.410. The van der Waals surface area contributed by atoms with E-state index in [-0.39, 0.29) is 18.4 Å². The zero-order valence-electron chi connectivity index (χ0n) is 13.3. The minimum absolute atomic E-state index is 0.00873. The molecule has 3 rings (SSSR count). The number of rotatable bonds is 3. The molecule has 2 amide bonds. The van der Waals surface area contributed by atoms with Crippen LogP contribution in [0.3, 0.4) is 0 Å². The number of carbonyl (C=O) groups excluding carboxylic acids is 2. The van der Waals surface area contributed by atoms with Crippen molar-refractivity contribution in [3.05, 3.63) is 34.9 Å². The Morgan fingerprint density at radius 1 is 1.13 bits per heavy atom. The van der Waals surface area contributed by atoms with E-state index in [2.05, 4.69) is 5.32 Å². The zero-order valence-corrected chi connectivity index (χ0v) is 14.0. The largest absolute Gasteiger partial charge is 0.343 e. The van der Waals surface area contributed by atoms with Gasteiger partial charge in [-0.05, 0) is 36.8 Å². The number of hydrogen-bond acceptors (Lipinski definition) is 2. The van der Waals surface area contributed by atoms with Crippen molar-refractivity contribution in [2.45, 2.75) is 32.1 Å². The summed E-state index contributed by atoms with van der Waals surface area (Å²) < 4.78 is 0. The normalized spacial score (nSPS) is 24.0. The molecule has 0 bridgehead atoms. The number of carbonyl (C=O) groups is 2. The van der Waals surface area contributed by atoms with Gasteiger partial charge in [0.1, 0.15) is 0 Å². The van der Waals surface area contributed by atoms with Crippen LogP contribution in [0.2, 0.25) is 5.02 Å². The summed E-state index contributed by atoms with van der Waals surface area (Å²) >= 11 is 6.00. The van der Waals surface area contributed by atoms with Gasteiger partial charge in [0.2, 0.25) is 5.91 Å². The molecule has 23 heavy (non-hydrogen) atoms. The van der Waals surface area contributed by atoms with E-state index >= 15 is 0 Å². The van der Waals surface area contributed by atoms with Crippen LogP contribution in [0, 0.1) is 11.8 Å². The summed E-state index contributed by atoms with van der Waals surface area (Å²) in [4.78, 5) is 26.4. The molecule has 5 heteroatoms. The van der Waals surface area contributed by atoms with Crippen molar-refractivity contribution >= 4 is 23.4 Å². The first-order chi connectivity index (χ1) is 11.1. The average Bonchev–Trinajstić information content (AvgIpc) is 2.59. The van der Waals surface area contributed by atoms with Gasteiger partial charge in [0.25, 0.3) is 5.91 Å². The van der Waals surface area contributed by atoms with Gasteiger partial charge in [-0.15, -0.1) is 0 Å². The van der Waals surface area contributed by atoms with Gasteiger partial charge in [-0.1, -0.05) is 43.0 Å². The van der Waals surface area contributed by atoms with E-state index in [1.165, 1.54) is 25.7 Å². The van der Waals surface area contributed by atoms with Crippen molar-refractivity contribution in [1.82, 2.24) is 10.2 Å². The third-order valence-electron chi connectivity index (χ3n) is 5.16. The summed E-state index contributed by atoms with van der Waals surface area (Å²) in [6.07, 6.45) is 6.28. The smallest absolute Gasteiger partial charge is 0.253 e. The van der Waals surface area contributed by atoms with Gasteiger partial charge in [-0.3, -0.25) is 9.59 Å². The number of nitrogens with one attached hydrogen (secondary N) is 1. The quantitative estimate of drug-likeness (QED) is 0.923. The number of halogens is 1. The van der Waals surface area contributed by atoms with E-state index in [1.807, 2.05) is 4.90 Å². The number of benzene rings is 1. The molecular formula is C18H23ClN2O2. The fourth-order valence-electron chi connectivity index (χ4n) is 3.84. The molecule has 0 aromatic heterocycles. The predicted molar refractivity (Wildman–Crippen MR) is 90.4 cm³/mol. The molecule has 1 aliphatic heterocycles. The second-order valence-corrected chi connectivity index (χ2v) is 7.00. The van der Waals surface area contributed by atoms with Crippen LogP contribution in [0.4, 0.5) is 0 Å². The topological polar surface area (TPSA) is 49.4 Å². The molecule has 1 aromatic rings. The molecule has 1 aromatic carbocycles. The molecule has 1 heterocycles. The SMILES string of the molecule is O=C(NCC(=O)N1CC[C@H]2CCCC[C@@H]2C1)c1ccccc1Cl. The van der Waals surface area contributed by atoms with Gasteiger partial charge in [-0.25, -0.2) is 0 Å². The molecular weight excluding hydrogens is 312 g/mol. The number of likely N-dealkylation sites (tertiary alicyclic amines) is 1. The van der Waals surface area contributed by atoms with Gasteiger partial charge in [0.15, 0.2) is 0 Å². The molecule has 4 nitrogen and oxygen atoms in total. The number of fused-ring (bicyclic) bond motifs is 1. The maximum atomic E-state index is 12.4. The highest BCUT2D eigenvalue weighted by Crippen LogP contribution is 2.35. The highest BCUT2D eigenvalue weighted by atomic mass is 35.5. The number of nitrogens with zero attached hydrogens (tertiary/aromatic N) is 1. The lowest BCUT2D eigenvalue weighted by Crippen LogP contribution is -2.48. The second kappa shape index (κ2) is 7.35. The first-order valence-corrected chi connectivity index (χ1v) is 8.83. The summed E-state index contributed by atoms with van der Waals surface area (Å²) in [6, 6.07) is 6.87. The Hall–Kier alpha value is -1.55. The summed E-state index contributed by atoms with van der Waals surface area (Å²) in [6.45, 7) is 1.72. The van der Waals surface area contributed by atoms with Crippen LogP contribution in [0.5, 0.6) is 0 Å².